The number of fused-ring (bicyclic) bond motifs is 2. The lowest BCUT2D eigenvalue weighted by molar-refractivity contribution is -0.142. The van der Waals surface area contributed by atoms with E-state index in [1.807, 2.05) is 0 Å². The number of rotatable bonds is 2. The second-order valence-electron chi connectivity index (χ2n) is 7.46. The van der Waals surface area contributed by atoms with Gasteiger partial charge in [0, 0.05) is 24.5 Å². The summed E-state index contributed by atoms with van der Waals surface area (Å²) in [6.07, 6.45) is -1.80. The molecule has 1 N–H and O–H groups in total. The van der Waals surface area contributed by atoms with Crippen LogP contribution < -0.4 is 0 Å². The summed E-state index contributed by atoms with van der Waals surface area (Å²) in [5, 5.41) is 9.94. The molecule has 0 bridgehead atoms. The number of alkyl halides is 3. The molecule has 0 radical (unpaired) electrons. The van der Waals surface area contributed by atoms with E-state index < -0.39 is 29.7 Å². The fraction of sp³-hybridized carbons (Fsp3) is 0.474. The highest BCUT2D eigenvalue weighted by atomic mass is 19.4. The van der Waals surface area contributed by atoms with Crippen molar-refractivity contribution in [2.45, 2.75) is 31.5 Å². The summed E-state index contributed by atoms with van der Waals surface area (Å²) >= 11 is 0. The minimum absolute atomic E-state index is 0.0435. The molecule has 2 fully saturated rings. The maximum atomic E-state index is 13.1. The molecule has 1 amide bonds. The van der Waals surface area contributed by atoms with Gasteiger partial charge in [0.1, 0.15) is 11.7 Å². The van der Waals surface area contributed by atoms with Crippen molar-refractivity contribution in [2.75, 3.05) is 6.54 Å². The Morgan fingerprint density at radius 1 is 1.19 bits per heavy atom. The lowest BCUT2D eigenvalue weighted by Gasteiger charge is -2.24. The SMILES string of the molecule is Cn1c(C(=O)N2CC3CCCC3C2C(=O)O)cc2cc(C(F)(F)F)ccc21. The van der Waals surface area contributed by atoms with Crippen LogP contribution in [-0.2, 0) is 18.0 Å². The molecule has 1 saturated heterocycles. The van der Waals surface area contributed by atoms with E-state index in [-0.39, 0.29) is 17.5 Å². The molecule has 5 nitrogen and oxygen atoms in total. The lowest BCUT2D eigenvalue weighted by Crippen LogP contribution is -2.43. The Morgan fingerprint density at radius 3 is 2.59 bits per heavy atom. The number of nitrogens with zero attached hydrogens (tertiary/aromatic N) is 2. The van der Waals surface area contributed by atoms with Crippen molar-refractivity contribution in [2.24, 2.45) is 18.9 Å². The zero-order valence-electron chi connectivity index (χ0n) is 14.7. The normalized spacial score (nSPS) is 25.2. The third-order valence-corrected chi connectivity index (χ3v) is 5.99. The fourth-order valence-electron chi connectivity index (χ4n) is 4.71. The molecule has 0 spiro atoms. The zero-order chi connectivity index (χ0) is 19.5. The average molecular weight is 380 g/mol. The van der Waals surface area contributed by atoms with Crippen LogP contribution in [0.3, 0.4) is 0 Å². The number of carbonyl (C=O) groups is 2. The van der Waals surface area contributed by atoms with E-state index in [4.69, 9.17) is 0 Å². The standard InChI is InChI=1S/C19H19F3N2O3/c1-23-14-6-5-12(19(20,21)22)7-11(14)8-15(23)17(25)24-9-10-3-2-4-13(10)16(24)18(26)27/h5-8,10,13,16H,2-4,9H2,1H3,(H,26,27). The first-order valence-electron chi connectivity index (χ1n) is 8.89. The van der Waals surface area contributed by atoms with E-state index in [0.29, 0.717) is 17.4 Å². The van der Waals surface area contributed by atoms with E-state index >= 15 is 0 Å². The number of aliphatic carboxylic acids is 1. The number of benzene rings is 1. The van der Waals surface area contributed by atoms with Crippen molar-refractivity contribution in [3.05, 3.63) is 35.5 Å². The lowest BCUT2D eigenvalue weighted by atomic mass is 9.94. The predicted octanol–water partition coefficient (Wildman–Crippen LogP) is 3.52. The number of amides is 1. The maximum Gasteiger partial charge on any atom is 0.416 e. The number of aryl methyl sites for hydroxylation is 1. The third kappa shape index (κ3) is 2.78. The molecule has 144 valence electrons. The number of halogens is 3. The van der Waals surface area contributed by atoms with Gasteiger partial charge in [-0.3, -0.25) is 4.79 Å². The molecule has 3 unspecified atom stereocenters. The Kier molecular flexibility index (Phi) is 3.98. The van der Waals surface area contributed by atoms with Gasteiger partial charge in [-0.05, 0) is 48.9 Å². The summed E-state index contributed by atoms with van der Waals surface area (Å²) in [6, 6.07) is 3.88. The van der Waals surface area contributed by atoms with Crippen molar-refractivity contribution in [3.8, 4) is 0 Å². The van der Waals surface area contributed by atoms with Crippen LogP contribution in [0.1, 0.15) is 35.3 Å². The second-order valence-corrected chi connectivity index (χ2v) is 7.46. The molecule has 1 aromatic carbocycles. The van der Waals surface area contributed by atoms with Gasteiger partial charge in [0.25, 0.3) is 5.91 Å². The summed E-state index contributed by atoms with van der Waals surface area (Å²) in [6.45, 7) is 0.385. The van der Waals surface area contributed by atoms with Crippen LogP contribution >= 0.6 is 0 Å². The van der Waals surface area contributed by atoms with E-state index in [0.717, 1.165) is 31.4 Å². The number of carboxylic acids is 1. The molecule has 2 aliphatic rings. The van der Waals surface area contributed by atoms with Gasteiger partial charge in [-0.1, -0.05) is 6.42 Å². The summed E-state index contributed by atoms with van der Waals surface area (Å²) in [7, 11) is 1.61. The number of hydrogen-bond donors (Lipinski definition) is 1. The molecule has 2 aromatic rings. The van der Waals surface area contributed by atoms with Crippen LogP contribution in [-0.4, -0.2) is 39.0 Å². The number of hydrogen-bond acceptors (Lipinski definition) is 2. The molecule has 1 saturated carbocycles. The van der Waals surface area contributed by atoms with Gasteiger partial charge < -0.3 is 14.6 Å². The summed E-state index contributed by atoms with van der Waals surface area (Å²) in [4.78, 5) is 26.2. The van der Waals surface area contributed by atoms with Crippen molar-refractivity contribution < 1.29 is 27.9 Å². The smallest absolute Gasteiger partial charge is 0.416 e. The highest BCUT2D eigenvalue weighted by Gasteiger charge is 2.50. The van der Waals surface area contributed by atoms with Gasteiger partial charge in [0.15, 0.2) is 0 Å². The molecular weight excluding hydrogens is 361 g/mol. The van der Waals surface area contributed by atoms with Crippen molar-refractivity contribution in [3.63, 3.8) is 0 Å². The van der Waals surface area contributed by atoms with Crippen LogP contribution in [0.15, 0.2) is 24.3 Å². The Morgan fingerprint density at radius 2 is 1.93 bits per heavy atom. The summed E-state index contributed by atoms with van der Waals surface area (Å²) in [5.74, 6) is -1.32. The molecule has 8 heteroatoms. The summed E-state index contributed by atoms with van der Waals surface area (Å²) < 4.78 is 40.4. The molecule has 1 aliphatic heterocycles. The average Bonchev–Trinajstić information content (AvgIpc) is 3.25. The molecule has 1 aromatic heterocycles. The topological polar surface area (TPSA) is 62.5 Å². The third-order valence-electron chi connectivity index (χ3n) is 5.99. The minimum atomic E-state index is -4.46. The van der Waals surface area contributed by atoms with Crippen LogP contribution in [0.2, 0.25) is 0 Å². The Bertz CT molecular complexity index is 934. The van der Waals surface area contributed by atoms with Crippen LogP contribution in [0.4, 0.5) is 13.2 Å². The van der Waals surface area contributed by atoms with E-state index in [1.54, 1.807) is 7.05 Å². The summed E-state index contributed by atoms with van der Waals surface area (Å²) in [5.41, 5.74) is -0.0770. The molecule has 1 aliphatic carbocycles. The van der Waals surface area contributed by atoms with Crippen LogP contribution in [0.5, 0.6) is 0 Å². The van der Waals surface area contributed by atoms with Crippen molar-refractivity contribution >= 4 is 22.8 Å². The Labute approximate surface area is 153 Å². The van der Waals surface area contributed by atoms with Crippen LogP contribution in [0.25, 0.3) is 10.9 Å². The molecule has 3 atom stereocenters. The van der Waals surface area contributed by atoms with Gasteiger partial charge in [0.05, 0.1) is 5.56 Å². The number of carbonyl (C=O) groups excluding carboxylic acids is 1. The molecule has 27 heavy (non-hydrogen) atoms. The first-order chi connectivity index (χ1) is 12.7. The first-order valence-corrected chi connectivity index (χ1v) is 8.89. The van der Waals surface area contributed by atoms with Crippen molar-refractivity contribution in [1.82, 2.24) is 9.47 Å². The van der Waals surface area contributed by atoms with Gasteiger partial charge >= 0.3 is 12.1 Å². The minimum Gasteiger partial charge on any atom is -0.480 e. The molecular formula is C19H19F3N2O3. The zero-order valence-corrected chi connectivity index (χ0v) is 14.7. The first kappa shape index (κ1) is 17.9. The van der Waals surface area contributed by atoms with Crippen LogP contribution in [0, 0.1) is 11.8 Å². The predicted molar refractivity (Wildman–Crippen MR) is 91.2 cm³/mol. The van der Waals surface area contributed by atoms with Gasteiger partial charge in [0.2, 0.25) is 0 Å². The number of aromatic nitrogens is 1. The highest BCUT2D eigenvalue weighted by molar-refractivity contribution is 6.00. The number of carboxylic acid groups (broad SMARTS) is 1. The second kappa shape index (κ2) is 6.00. The fourth-order valence-corrected chi connectivity index (χ4v) is 4.71. The molecule has 4 rings (SSSR count). The van der Waals surface area contributed by atoms with Gasteiger partial charge in [-0.2, -0.15) is 13.2 Å². The van der Waals surface area contributed by atoms with Crippen molar-refractivity contribution in [1.29, 1.82) is 0 Å². The Balaban J connectivity index is 1.72. The number of likely N-dealkylation sites (tertiary alicyclic amines) is 1. The van der Waals surface area contributed by atoms with E-state index in [1.165, 1.54) is 21.6 Å². The monoisotopic (exact) mass is 380 g/mol. The quantitative estimate of drug-likeness (QED) is 0.867. The van der Waals surface area contributed by atoms with E-state index in [2.05, 4.69) is 0 Å². The van der Waals surface area contributed by atoms with Gasteiger partial charge in [-0.25, -0.2) is 4.79 Å². The van der Waals surface area contributed by atoms with E-state index in [9.17, 15) is 27.9 Å². The highest BCUT2D eigenvalue weighted by Crippen LogP contribution is 2.43. The maximum absolute atomic E-state index is 13.1. The van der Waals surface area contributed by atoms with Gasteiger partial charge in [-0.15, -0.1) is 0 Å². The Hall–Kier alpha value is -2.51. The largest absolute Gasteiger partial charge is 0.480 e. The molecule has 2 heterocycles.